The van der Waals surface area contributed by atoms with Crippen molar-refractivity contribution in [1.82, 2.24) is 5.48 Å². The number of hydroxylamine groups is 1. The van der Waals surface area contributed by atoms with Gasteiger partial charge in [-0.2, -0.15) is 5.48 Å². The zero-order chi connectivity index (χ0) is 16.7. The van der Waals surface area contributed by atoms with Crippen molar-refractivity contribution in [2.75, 3.05) is 6.61 Å². The second-order valence-corrected chi connectivity index (χ2v) is 6.86. The molecule has 0 bridgehead atoms. The first-order valence-electron chi connectivity index (χ1n) is 8.25. The fraction of sp³-hybridized carbons (Fsp3) is 0.647. The van der Waals surface area contributed by atoms with Crippen molar-refractivity contribution >= 4 is 0 Å². The summed E-state index contributed by atoms with van der Waals surface area (Å²) in [7, 11) is 0. The fourth-order valence-corrected chi connectivity index (χ4v) is 3.42. The largest absolute Gasteiger partial charge is 0.388 e. The van der Waals surface area contributed by atoms with Crippen LogP contribution in [0.2, 0.25) is 0 Å². The molecule has 3 fully saturated rings. The van der Waals surface area contributed by atoms with E-state index >= 15 is 0 Å². The number of fused-ring (bicyclic) bond motifs is 3. The molecule has 1 aromatic rings. The van der Waals surface area contributed by atoms with Crippen LogP contribution in [-0.2, 0) is 30.4 Å². The molecule has 4 rings (SSSR count). The van der Waals surface area contributed by atoms with Crippen LogP contribution in [0, 0.1) is 0 Å². The first-order chi connectivity index (χ1) is 11.5. The topological polar surface area (TPSA) is 78.4 Å². The van der Waals surface area contributed by atoms with Crippen molar-refractivity contribution in [3.63, 3.8) is 0 Å². The Morgan fingerprint density at radius 2 is 1.96 bits per heavy atom. The van der Waals surface area contributed by atoms with E-state index in [2.05, 4.69) is 5.48 Å². The molecule has 0 spiro atoms. The van der Waals surface area contributed by atoms with Gasteiger partial charge in [0.2, 0.25) is 0 Å². The minimum absolute atomic E-state index is 0.313. The van der Waals surface area contributed by atoms with E-state index in [0.29, 0.717) is 13.2 Å². The third-order valence-electron chi connectivity index (χ3n) is 4.56. The summed E-state index contributed by atoms with van der Waals surface area (Å²) in [6.07, 6.45) is -2.42. The Bertz CT molecular complexity index is 567. The Labute approximate surface area is 140 Å². The quantitative estimate of drug-likeness (QED) is 0.784. The summed E-state index contributed by atoms with van der Waals surface area (Å²) in [6.45, 7) is 4.40. The van der Waals surface area contributed by atoms with Gasteiger partial charge < -0.3 is 24.1 Å². The molecule has 0 aliphatic carbocycles. The lowest BCUT2D eigenvalue weighted by Gasteiger charge is -2.37. The molecule has 2 N–H and O–H groups in total. The number of aliphatic hydroxyl groups excluding tert-OH is 1. The minimum atomic E-state index is -0.763. The molecule has 3 aliphatic rings. The third kappa shape index (κ3) is 3.09. The Hall–Kier alpha value is -1.06. The molecule has 0 radical (unpaired) electrons. The van der Waals surface area contributed by atoms with Gasteiger partial charge in [0.25, 0.3) is 0 Å². The number of rotatable bonds is 4. The number of hydrogen-bond donors (Lipinski definition) is 2. The van der Waals surface area contributed by atoms with Gasteiger partial charge >= 0.3 is 0 Å². The maximum absolute atomic E-state index is 10.6. The zero-order valence-electron chi connectivity index (χ0n) is 13.8. The highest BCUT2D eigenvalue weighted by molar-refractivity contribution is 5.13. The van der Waals surface area contributed by atoms with Crippen molar-refractivity contribution < 1.29 is 28.9 Å². The molecule has 7 nitrogen and oxygen atoms in total. The highest BCUT2D eigenvalue weighted by atomic mass is 16.8. The van der Waals surface area contributed by atoms with E-state index in [9.17, 15) is 5.11 Å². The molecular weight excluding hydrogens is 314 g/mol. The highest BCUT2D eigenvalue weighted by Gasteiger charge is 2.59. The van der Waals surface area contributed by atoms with Gasteiger partial charge in [-0.1, -0.05) is 30.3 Å². The van der Waals surface area contributed by atoms with E-state index in [-0.39, 0.29) is 18.2 Å². The smallest absolute Gasteiger partial charge is 0.190 e. The van der Waals surface area contributed by atoms with Crippen LogP contribution in [0.5, 0.6) is 0 Å². The van der Waals surface area contributed by atoms with E-state index in [4.69, 9.17) is 23.8 Å². The van der Waals surface area contributed by atoms with Crippen molar-refractivity contribution in [3.05, 3.63) is 35.9 Å². The lowest BCUT2D eigenvalue weighted by Crippen LogP contribution is -2.58. The second kappa shape index (κ2) is 6.34. The van der Waals surface area contributed by atoms with Gasteiger partial charge in [0.15, 0.2) is 12.1 Å². The van der Waals surface area contributed by atoms with Crippen LogP contribution in [0.1, 0.15) is 19.4 Å². The Morgan fingerprint density at radius 3 is 2.75 bits per heavy atom. The Balaban J connectivity index is 1.32. The second-order valence-electron chi connectivity index (χ2n) is 6.86. The summed E-state index contributed by atoms with van der Waals surface area (Å²) in [4.78, 5) is 5.50. The van der Waals surface area contributed by atoms with Gasteiger partial charge in [-0.05, 0) is 19.4 Å². The standard InChI is InChI=1S/C17H23NO6/c1-17(2)23-15-14-13(22-16(15)24-17)12(19)11(9-20-14)18-21-8-10-6-4-3-5-7-10/h3-7,11-16,18-19H,8-9H2,1-2H3/t11-,12+,13+,14-,15+,16+/m0/s1. The van der Waals surface area contributed by atoms with Crippen LogP contribution in [0.25, 0.3) is 0 Å². The van der Waals surface area contributed by atoms with Gasteiger partial charge in [0.1, 0.15) is 24.4 Å². The summed E-state index contributed by atoms with van der Waals surface area (Å²) in [6, 6.07) is 9.44. The maximum Gasteiger partial charge on any atom is 0.190 e. The molecular formula is C17H23NO6. The first kappa shape index (κ1) is 16.4. The molecule has 6 atom stereocenters. The molecule has 24 heavy (non-hydrogen) atoms. The van der Waals surface area contributed by atoms with Gasteiger partial charge in [-0.25, -0.2) is 0 Å². The Kier molecular flexibility index (Phi) is 4.34. The van der Waals surface area contributed by atoms with Crippen LogP contribution < -0.4 is 5.48 Å². The Morgan fingerprint density at radius 1 is 1.17 bits per heavy atom. The highest BCUT2D eigenvalue weighted by Crippen LogP contribution is 2.41. The van der Waals surface area contributed by atoms with Crippen LogP contribution in [0.15, 0.2) is 30.3 Å². The third-order valence-corrected chi connectivity index (χ3v) is 4.56. The van der Waals surface area contributed by atoms with Crippen molar-refractivity contribution in [1.29, 1.82) is 0 Å². The van der Waals surface area contributed by atoms with Crippen LogP contribution in [0.3, 0.4) is 0 Å². The zero-order valence-corrected chi connectivity index (χ0v) is 13.8. The summed E-state index contributed by atoms with van der Waals surface area (Å²) in [5, 5.41) is 10.6. The normalized spacial score (nSPS) is 40.3. The molecule has 0 unspecified atom stereocenters. The summed E-state index contributed by atoms with van der Waals surface area (Å²) in [5.41, 5.74) is 3.92. The molecule has 3 heterocycles. The van der Waals surface area contributed by atoms with Crippen molar-refractivity contribution in [2.45, 2.75) is 63.0 Å². The lowest BCUT2D eigenvalue weighted by atomic mass is 9.97. The van der Waals surface area contributed by atoms with Crippen LogP contribution in [0.4, 0.5) is 0 Å². The average Bonchev–Trinajstić information content (AvgIpc) is 3.03. The molecule has 3 saturated heterocycles. The van der Waals surface area contributed by atoms with E-state index < -0.39 is 24.3 Å². The van der Waals surface area contributed by atoms with Crippen molar-refractivity contribution in [2.24, 2.45) is 0 Å². The molecule has 0 saturated carbocycles. The maximum atomic E-state index is 10.6. The summed E-state index contributed by atoms with van der Waals surface area (Å²) in [5.74, 6) is -0.692. The van der Waals surface area contributed by atoms with E-state index in [1.807, 2.05) is 44.2 Å². The number of ether oxygens (including phenoxy) is 4. The van der Waals surface area contributed by atoms with E-state index in [1.54, 1.807) is 0 Å². The number of hydrogen-bond acceptors (Lipinski definition) is 7. The molecule has 3 aliphatic heterocycles. The number of aliphatic hydroxyl groups is 1. The first-order valence-corrected chi connectivity index (χ1v) is 8.25. The van der Waals surface area contributed by atoms with E-state index in [0.717, 1.165) is 5.56 Å². The molecule has 0 amide bonds. The minimum Gasteiger partial charge on any atom is -0.388 e. The molecule has 132 valence electrons. The predicted octanol–water partition coefficient (Wildman–Crippen LogP) is 0.712. The predicted molar refractivity (Wildman–Crippen MR) is 82.6 cm³/mol. The van der Waals surface area contributed by atoms with Gasteiger partial charge in [0.05, 0.1) is 19.3 Å². The van der Waals surface area contributed by atoms with Crippen LogP contribution in [-0.4, -0.2) is 54.2 Å². The monoisotopic (exact) mass is 337 g/mol. The lowest BCUT2D eigenvalue weighted by molar-refractivity contribution is -0.248. The van der Waals surface area contributed by atoms with Crippen LogP contribution >= 0.6 is 0 Å². The number of benzene rings is 1. The van der Waals surface area contributed by atoms with Crippen molar-refractivity contribution in [3.8, 4) is 0 Å². The van der Waals surface area contributed by atoms with Gasteiger partial charge in [0, 0.05) is 0 Å². The van der Waals surface area contributed by atoms with E-state index in [1.165, 1.54) is 0 Å². The van der Waals surface area contributed by atoms with Gasteiger partial charge in [-0.3, -0.25) is 4.84 Å². The fourth-order valence-electron chi connectivity index (χ4n) is 3.42. The number of nitrogens with one attached hydrogen (secondary N) is 1. The molecule has 1 aromatic carbocycles. The van der Waals surface area contributed by atoms with Gasteiger partial charge in [-0.15, -0.1) is 0 Å². The summed E-state index contributed by atoms with van der Waals surface area (Å²) >= 11 is 0. The SMILES string of the molecule is CC1(C)O[C@H]2O[C@@H]3[C@H](O)[C@@H](NOCc4ccccc4)CO[C@@H]3[C@H]2O1. The molecule has 0 aromatic heterocycles. The average molecular weight is 337 g/mol. The summed E-state index contributed by atoms with van der Waals surface area (Å²) < 4.78 is 23.2. The molecule has 7 heteroatoms.